The second kappa shape index (κ2) is 9.89. The van der Waals surface area contributed by atoms with Gasteiger partial charge >= 0.3 is 0 Å². The van der Waals surface area contributed by atoms with Crippen molar-refractivity contribution in [3.8, 4) is 0 Å². The summed E-state index contributed by atoms with van der Waals surface area (Å²) in [6.45, 7) is 5.50. The number of carbonyl (C=O) groups is 1. The molecule has 1 aliphatic rings. The van der Waals surface area contributed by atoms with Crippen LogP contribution < -0.4 is 0 Å². The lowest BCUT2D eigenvalue weighted by molar-refractivity contribution is -0.135. The number of carbonyl (C=O) groups excluding carboxylic acids is 1. The van der Waals surface area contributed by atoms with E-state index in [-0.39, 0.29) is 5.91 Å². The number of hydrogen-bond acceptors (Lipinski definition) is 6. The lowest BCUT2D eigenvalue weighted by atomic mass is 10.1. The maximum atomic E-state index is 12.3. The normalized spacial score (nSPS) is 14.3. The van der Waals surface area contributed by atoms with Gasteiger partial charge in [0.25, 0.3) is 0 Å². The Labute approximate surface area is 197 Å². The first-order valence-electron chi connectivity index (χ1n) is 11.3. The predicted octanol–water partition coefficient (Wildman–Crippen LogP) is 4.07. The Balaban J connectivity index is 1.33. The molecule has 0 spiro atoms. The Kier molecular flexibility index (Phi) is 6.55. The van der Waals surface area contributed by atoms with E-state index >= 15 is 0 Å². The average molecular weight is 462 g/mol. The van der Waals surface area contributed by atoms with Crippen molar-refractivity contribution in [3.05, 3.63) is 59.7 Å². The van der Waals surface area contributed by atoms with Crippen LogP contribution in [0.5, 0.6) is 0 Å². The minimum Gasteiger partial charge on any atom is -0.378 e. The molecule has 0 N–H and O–H groups in total. The predicted molar refractivity (Wildman–Crippen MR) is 130 cm³/mol. The first-order chi connectivity index (χ1) is 16.2. The molecule has 1 fully saturated rings. The molecule has 1 amide bonds. The molecule has 0 unspecified atom stereocenters. The van der Waals surface area contributed by atoms with E-state index in [9.17, 15) is 4.79 Å². The molecule has 0 bridgehead atoms. The number of para-hydroxylation sites is 1. The Bertz CT molecular complexity index is 1280. The molecule has 7 nitrogen and oxygen atoms in total. The average Bonchev–Trinajstić information content (AvgIpc) is 3.15. The van der Waals surface area contributed by atoms with E-state index < -0.39 is 0 Å². The summed E-state index contributed by atoms with van der Waals surface area (Å²) in [5, 5.41) is 10.6. The van der Waals surface area contributed by atoms with Crippen LogP contribution in [0, 0.1) is 6.92 Å². The van der Waals surface area contributed by atoms with Crippen LogP contribution in [0.1, 0.15) is 24.0 Å². The number of nitrogens with zero attached hydrogens (tertiary/aromatic N) is 5. The van der Waals surface area contributed by atoms with Gasteiger partial charge in [0.2, 0.25) is 11.1 Å². The second-order valence-electron chi connectivity index (χ2n) is 8.30. The van der Waals surface area contributed by atoms with Crippen molar-refractivity contribution in [2.75, 3.05) is 32.1 Å². The van der Waals surface area contributed by atoms with Crippen LogP contribution in [0.4, 0.5) is 0 Å². The van der Waals surface area contributed by atoms with Gasteiger partial charge in [0.1, 0.15) is 5.52 Å². The van der Waals surface area contributed by atoms with Crippen LogP contribution in [0.15, 0.2) is 53.7 Å². The summed E-state index contributed by atoms with van der Waals surface area (Å²) in [5.74, 6) is 0.980. The summed E-state index contributed by atoms with van der Waals surface area (Å²) < 4.78 is 7.54. The van der Waals surface area contributed by atoms with E-state index in [4.69, 9.17) is 9.72 Å². The highest BCUT2D eigenvalue weighted by atomic mass is 32.2. The zero-order valence-corrected chi connectivity index (χ0v) is 19.6. The number of thioether (sulfide) groups is 1. The number of fused-ring (bicyclic) bond motifs is 3. The molecule has 1 saturated heterocycles. The van der Waals surface area contributed by atoms with Gasteiger partial charge in [-0.1, -0.05) is 59.8 Å². The molecular weight excluding hydrogens is 434 g/mol. The van der Waals surface area contributed by atoms with Crippen molar-refractivity contribution in [1.82, 2.24) is 24.6 Å². The Hall–Kier alpha value is -2.97. The maximum Gasteiger partial charge on any atom is 0.222 e. The van der Waals surface area contributed by atoms with E-state index in [2.05, 4.69) is 58.1 Å². The summed E-state index contributed by atoms with van der Waals surface area (Å²) in [6.07, 6.45) is 1.32. The first-order valence-corrected chi connectivity index (χ1v) is 12.3. The number of amides is 1. The van der Waals surface area contributed by atoms with Gasteiger partial charge in [-0.15, -0.1) is 10.2 Å². The van der Waals surface area contributed by atoms with Crippen molar-refractivity contribution in [2.24, 2.45) is 0 Å². The van der Waals surface area contributed by atoms with Crippen molar-refractivity contribution in [1.29, 1.82) is 0 Å². The van der Waals surface area contributed by atoms with Gasteiger partial charge in [-0.25, -0.2) is 4.98 Å². The number of rotatable bonds is 7. The molecule has 170 valence electrons. The maximum absolute atomic E-state index is 12.3. The topological polar surface area (TPSA) is 73.1 Å². The molecule has 0 atom stereocenters. The fraction of sp³-hybridized carbons (Fsp3) is 0.360. The molecule has 1 aliphatic heterocycles. The third kappa shape index (κ3) is 4.86. The van der Waals surface area contributed by atoms with E-state index in [1.807, 2.05) is 17.0 Å². The molecule has 2 aromatic carbocycles. The summed E-state index contributed by atoms with van der Waals surface area (Å²) in [7, 11) is 0. The summed E-state index contributed by atoms with van der Waals surface area (Å²) >= 11 is 1.56. The van der Waals surface area contributed by atoms with Crippen LogP contribution >= 0.6 is 11.8 Å². The number of aromatic nitrogens is 4. The van der Waals surface area contributed by atoms with E-state index in [0.717, 1.165) is 40.8 Å². The second-order valence-corrected chi connectivity index (χ2v) is 9.37. The van der Waals surface area contributed by atoms with Gasteiger partial charge < -0.3 is 14.2 Å². The largest absolute Gasteiger partial charge is 0.378 e. The third-order valence-electron chi connectivity index (χ3n) is 5.91. The van der Waals surface area contributed by atoms with E-state index in [1.54, 1.807) is 11.8 Å². The molecule has 3 heterocycles. The van der Waals surface area contributed by atoms with Gasteiger partial charge in [0.15, 0.2) is 5.65 Å². The number of morpholine rings is 1. The molecule has 0 radical (unpaired) electrons. The van der Waals surface area contributed by atoms with Crippen LogP contribution in [0.25, 0.3) is 22.1 Å². The molecule has 33 heavy (non-hydrogen) atoms. The summed E-state index contributed by atoms with van der Waals surface area (Å²) in [5.41, 5.74) is 5.25. The lowest BCUT2D eigenvalue weighted by Crippen LogP contribution is -2.40. The zero-order chi connectivity index (χ0) is 22.6. The zero-order valence-electron chi connectivity index (χ0n) is 18.7. The van der Waals surface area contributed by atoms with E-state index in [0.29, 0.717) is 37.9 Å². The van der Waals surface area contributed by atoms with Crippen LogP contribution in [0.2, 0.25) is 0 Å². The van der Waals surface area contributed by atoms with Crippen molar-refractivity contribution < 1.29 is 9.53 Å². The van der Waals surface area contributed by atoms with E-state index in [1.165, 1.54) is 11.1 Å². The SMILES string of the molecule is Cc1cccc(Cn2c3ccccc3c3nnc(SCCCC(=O)N4CCOCC4)nc32)c1. The highest BCUT2D eigenvalue weighted by molar-refractivity contribution is 7.99. The van der Waals surface area contributed by atoms with Crippen molar-refractivity contribution >= 4 is 39.7 Å². The monoisotopic (exact) mass is 461 g/mol. The summed E-state index contributed by atoms with van der Waals surface area (Å²) in [6, 6.07) is 16.8. The minimum absolute atomic E-state index is 0.201. The molecule has 5 rings (SSSR count). The van der Waals surface area contributed by atoms with Gasteiger partial charge in [-0.05, 0) is 25.0 Å². The minimum atomic E-state index is 0.201. The standard InChI is InChI=1S/C25H27N5O2S/c1-18-6-4-7-19(16-18)17-30-21-9-3-2-8-20(21)23-24(30)26-25(28-27-23)33-15-5-10-22(31)29-11-13-32-14-12-29/h2-4,6-9,16H,5,10-15,17H2,1H3. The number of aryl methyl sites for hydroxylation is 1. The van der Waals surface area contributed by atoms with Gasteiger partial charge in [-0.3, -0.25) is 4.79 Å². The van der Waals surface area contributed by atoms with Gasteiger partial charge in [0, 0.05) is 37.2 Å². The fourth-order valence-electron chi connectivity index (χ4n) is 4.26. The molecule has 8 heteroatoms. The molecular formula is C25H27N5O2S. The molecule has 0 aliphatic carbocycles. The number of ether oxygens (including phenoxy) is 1. The van der Waals surface area contributed by atoms with Crippen molar-refractivity contribution in [3.63, 3.8) is 0 Å². The number of hydrogen-bond donors (Lipinski definition) is 0. The lowest BCUT2D eigenvalue weighted by Gasteiger charge is -2.26. The van der Waals surface area contributed by atoms with Crippen LogP contribution in [-0.4, -0.2) is 62.6 Å². The first kappa shape index (κ1) is 21.9. The summed E-state index contributed by atoms with van der Waals surface area (Å²) in [4.78, 5) is 19.1. The Morgan fingerprint density at radius 1 is 1.09 bits per heavy atom. The smallest absolute Gasteiger partial charge is 0.222 e. The highest BCUT2D eigenvalue weighted by Gasteiger charge is 2.17. The van der Waals surface area contributed by atoms with Gasteiger partial charge in [0.05, 0.1) is 18.7 Å². The third-order valence-corrected chi connectivity index (χ3v) is 6.83. The highest BCUT2D eigenvalue weighted by Crippen LogP contribution is 2.28. The quantitative estimate of drug-likeness (QED) is 0.305. The van der Waals surface area contributed by atoms with Crippen molar-refractivity contribution in [2.45, 2.75) is 31.5 Å². The number of benzene rings is 2. The van der Waals surface area contributed by atoms with Crippen LogP contribution in [0.3, 0.4) is 0 Å². The van der Waals surface area contributed by atoms with Crippen LogP contribution in [-0.2, 0) is 16.1 Å². The Morgan fingerprint density at radius 2 is 1.94 bits per heavy atom. The molecule has 4 aromatic rings. The molecule has 0 saturated carbocycles. The van der Waals surface area contributed by atoms with Gasteiger partial charge in [-0.2, -0.15) is 0 Å². The fourth-order valence-corrected chi connectivity index (χ4v) is 4.98. The Morgan fingerprint density at radius 3 is 2.79 bits per heavy atom. The molecule has 2 aromatic heterocycles.